The molecule has 0 aliphatic carbocycles. The van der Waals surface area contributed by atoms with E-state index in [0.717, 1.165) is 39.5 Å². The Morgan fingerprint density at radius 2 is 2.00 bits per heavy atom. The van der Waals surface area contributed by atoms with Crippen molar-refractivity contribution in [2.24, 2.45) is 0 Å². The van der Waals surface area contributed by atoms with Crippen molar-refractivity contribution >= 4 is 6.08 Å². The first-order chi connectivity index (χ1) is 12.5. The standard InChI is InChI=1S/C21H23NO4/c1-13-8-19-20(26-12-25-19)9-15(13)6-7-21(23)18-10-16(24-3)4-5-17(18)14(2)11-22-21/h4-10,14,22-23H,11-12H2,1-3H3/b7-6+. The van der Waals surface area contributed by atoms with E-state index in [1.54, 1.807) is 13.2 Å². The fourth-order valence-corrected chi connectivity index (χ4v) is 3.53. The molecule has 2 aromatic carbocycles. The van der Waals surface area contributed by atoms with Crippen LogP contribution in [-0.4, -0.2) is 25.6 Å². The van der Waals surface area contributed by atoms with Gasteiger partial charge in [-0.05, 0) is 59.9 Å². The second-order valence-electron chi connectivity index (χ2n) is 6.90. The van der Waals surface area contributed by atoms with Gasteiger partial charge < -0.3 is 19.3 Å². The zero-order valence-corrected chi connectivity index (χ0v) is 15.2. The highest BCUT2D eigenvalue weighted by molar-refractivity contribution is 5.62. The lowest BCUT2D eigenvalue weighted by Gasteiger charge is -2.36. The van der Waals surface area contributed by atoms with Gasteiger partial charge in [0.05, 0.1) is 7.11 Å². The van der Waals surface area contributed by atoms with Crippen LogP contribution in [0.25, 0.3) is 6.08 Å². The van der Waals surface area contributed by atoms with Crippen molar-refractivity contribution in [2.45, 2.75) is 25.5 Å². The predicted molar refractivity (Wildman–Crippen MR) is 99.6 cm³/mol. The lowest BCUT2D eigenvalue weighted by Crippen LogP contribution is -2.46. The van der Waals surface area contributed by atoms with Crippen LogP contribution in [0.1, 0.15) is 35.1 Å². The molecule has 5 nitrogen and oxygen atoms in total. The van der Waals surface area contributed by atoms with Crippen LogP contribution in [0.4, 0.5) is 0 Å². The van der Waals surface area contributed by atoms with Gasteiger partial charge in [0.1, 0.15) is 5.75 Å². The SMILES string of the molecule is COc1ccc2c(c1)C(O)(/C=C/c1cc3c(cc1C)OCO3)NCC2C. The number of aryl methyl sites for hydroxylation is 1. The van der Waals surface area contributed by atoms with Gasteiger partial charge in [-0.25, -0.2) is 0 Å². The molecule has 0 aromatic heterocycles. The Labute approximate surface area is 153 Å². The van der Waals surface area contributed by atoms with E-state index < -0.39 is 5.72 Å². The molecule has 0 bridgehead atoms. The van der Waals surface area contributed by atoms with Gasteiger partial charge in [-0.2, -0.15) is 0 Å². The summed E-state index contributed by atoms with van der Waals surface area (Å²) >= 11 is 0. The summed E-state index contributed by atoms with van der Waals surface area (Å²) in [5.41, 5.74) is 2.74. The van der Waals surface area contributed by atoms with E-state index in [1.165, 1.54) is 0 Å². The molecule has 0 saturated carbocycles. The molecule has 2 atom stereocenters. The zero-order chi connectivity index (χ0) is 18.3. The number of nitrogens with one attached hydrogen (secondary N) is 1. The molecule has 0 saturated heterocycles. The van der Waals surface area contributed by atoms with Crippen LogP contribution in [0.5, 0.6) is 17.2 Å². The van der Waals surface area contributed by atoms with Gasteiger partial charge >= 0.3 is 0 Å². The molecule has 2 N–H and O–H groups in total. The molecule has 26 heavy (non-hydrogen) atoms. The van der Waals surface area contributed by atoms with Gasteiger partial charge in [-0.15, -0.1) is 0 Å². The molecule has 0 amide bonds. The molecule has 2 unspecified atom stereocenters. The number of aliphatic hydroxyl groups is 1. The molecule has 2 heterocycles. The van der Waals surface area contributed by atoms with Gasteiger partial charge in [0.25, 0.3) is 0 Å². The molecule has 2 aliphatic heterocycles. The fourth-order valence-electron chi connectivity index (χ4n) is 3.53. The van der Waals surface area contributed by atoms with Crippen molar-refractivity contribution in [1.82, 2.24) is 5.32 Å². The Hall–Kier alpha value is -2.50. The van der Waals surface area contributed by atoms with Crippen molar-refractivity contribution < 1.29 is 19.3 Å². The van der Waals surface area contributed by atoms with Gasteiger partial charge in [-0.1, -0.05) is 19.1 Å². The smallest absolute Gasteiger partial charge is 0.231 e. The highest BCUT2D eigenvalue weighted by atomic mass is 16.7. The van der Waals surface area contributed by atoms with Crippen LogP contribution < -0.4 is 19.5 Å². The predicted octanol–water partition coefficient (Wildman–Crippen LogP) is 3.30. The molecule has 5 heteroatoms. The minimum absolute atomic E-state index is 0.249. The molecule has 4 rings (SSSR count). The van der Waals surface area contributed by atoms with Gasteiger partial charge in [0, 0.05) is 12.1 Å². The van der Waals surface area contributed by atoms with Crippen LogP contribution in [0, 0.1) is 6.92 Å². The minimum Gasteiger partial charge on any atom is -0.497 e. The van der Waals surface area contributed by atoms with Crippen LogP contribution in [0.2, 0.25) is 0 Å². The first-order valence-electron chi connectivity index (χ1n) is 8.75. The summed E-state index contributed by atoms with van der Waals surface area (Å²) in [4.78, 5) is 0. The zero-order valence-electron chi connectivity index (χ0n) is 15.2. The molecular formula is C21H23NO4. The third kappa shape index (κ3) is 2.83. The Kier molecular flexibility index (Phi) is 4.13. The van der Waals surface area contributed by atoms with E-state index in [2.05, 4.69) is 12.2 Å². The highest BCUT2D eigenvalue weighted by Gasteiger charge is 2.35. The molecule has 0 fully saturated rings. The van der Waals surface area contributed by atoms with Crippen LogP contribution >= 0.6 is 0 Å². The Morgan fingerprint density at radius 1 is 1.23 bits per heavy atom. The molecule has 136 valence electrons. The summed E-state index contributed by atoms with van der Waals surface area (Å²) in [6.45, 7) is 5.10. The van der Waals surface area contributed by atoms with Crippen molar-refractivity contribution in [3.63, 3.8) is 0 Å². The topological polar surface area (TPSA) is 60.0 Å². The van der Waals surface area contributed by atoms with Crippen LogP contribution in [0.3, 0.4) is 0 Å². The number of fused-ring (bicyclic) bond motifs is 2. The third-order valence-electron chi connectivity index (χ3n) is 5.15. The lowest BCUT2D eigenvalue weighted by molar-refractivity contribution is 0.0420. The van der Waals surface area contributed by atoms with E-state index >= 15 is 0 Å². The second-order valence-corrected chi connectivity index (χ2v) is 6.90. The number of rotatable bonds is 3. The number of hydrogen-bond donors (Lipinski definition) is 2. The van der Waals surface area contributed by atoms with E-state index in [-0.39, 0.29) is 6.79 Å². The fraction of sp³-hybridized carbons (Fsp3) is 0.333. The Bertz CT molecular complexity index is 877. The summed E-state index contributed by atoms with van der Waals surface area (Å²) in [5, 5.41) is 14.5. The van der Waals surface area contributed by atoms with Crippen LogP contribution in [0.15, 0.2) is 36.4 Å². The highest BCUT2D eigenvalue weighted by Crippen LogP contribution is 2.38. The second kappa shape index (κ2) is 6.34. The summed E-state index contributed by atoms with van der Waals surface area (Å²) in [6, 6.07) is 9.76. The summed E-state index contributed by atoms with van der Waals surface area (Å²) in [7, 11) is 1.63. The Morgan fingerprint density at radius 3 is 2.77 bits per heavy atom. The lowest BCUT2D eigenvalue weighted by atomic mass is 9.84. The molecule has 2 aromatic rings. The maximum Gasteiger partial charge on any atom is 0.231 e. The first-order valence-corrected chi connectivity index (χ1v) is 8.75. The summed E-state index contributed by atoms with van der Waals surface area (Å²) < 4.78 is 16.2. The van der Waals surface area contributed by atoms with Gasteiger partial charge in [0.15, 0.2) is 17.2 Å². The summed E-state index contributed by atoms with van der Waals surface area (Å²) in [6.07, 6.45) is 3.71. The molecule has 2 aliphatic rings. The van der Waals surface area contributed by atoms with E-state index in [4.69, 9.17) is 14.2 Å². The molecule has 0 spiro atoms. The summed E-state index contributed by atoms with van der Waals surface area (Å²) in [5.74, 6) is 2.54. The minimum atomic E-state index is -1.25. The third-order valence-corrected chi connectivity index (χ3v) is 5.15. The van der Waals surface area contributed by atoms with E-state index in [0.29, 0.717) is 12.5 Å². The normalized spacial score (nSPS) is 23.9. The quantitative estimate of drug-likeness (QED) is 0.887. The first kappa shape index (κ1) is 16.9. The van der Waals surface area contributed by atoms with Crippen molar-refractivity contribution in [3.8, 4) is 17.2 Å². The number of benzene rings is 2. The molecular weight excluding hydrogens is 330 g/mol. The molecule has 0 radical (unpaired) electrons. The monoisotopic (exact) mass is 353 g/mol. The number of methoxy groups -OCH3 is 1. The van der Waals surface area contributed by atoms with Crippen LogP contribution in [-0.2, 0) is 5.72 Å². The maximum absolute atomic E-state index is 11.3. The largest absolute Gasteiger partial charge is 0.497 e. The van der Waals surface area contributed by atoms with E-state index in [9.17, 15) is 5.11 Å². The van der Waals surface area contributed by atoms with Crippen molar-refractivity contribution in [1.29, 1.82) is 0 Å². The van der Waals surface area contributed by atoms with E-state index in [1.807, 2.05) is 43.3 Å². The maximum atomic E-state index is 11.3. The average molecular weight is 353 g/mol. The van der Waals surface area contributed by atoms with Gasteiger partial charge in [0.2, 0.25) is 6.79 Å². The van der Waals surface area contributed by atoms with Crippen molar-refractivity contribution in [3.05, 3.63) is 58.7 Å². The van der Waals surface area contributed by atoms with Gasteiger partial charge in [-0.3, -0.25) is 5.32 Å². The number of hydrogen-bond acceptors (Lipinski definition) is 5. The average Bonchev–Trinajstić information content (AvgIpc) is 3.10. The number of ether oxygens (including phenoxy) is 3. The Balaban J connectivity index is 1.72. The van der Waals surface area contributed by atoms with Crippen molar-refractivity contribution in [2.75, 3.05) is 20.4 Å².